The summed E-state index contributed by atoms with van der Waals surface area (Å²) in [7, 11) is -0.972. The fourth-order valence-electron chi connectivity index (χ4n) is 1.32. The van der Waals surface area contributed by atoms with Crippen molar-refractivity contribution in [1.82, 2.24) is 10.3 Å². The number of nitrogens with one attached hydrogen (secondary N) is 2. The number of carbonyl (C=O) groups excluding carboxylic acids is 1. The number of aromatic nitrogens is 1. The van der Waals surface area contributed by atoms with Gasteiger partial charge < -0.3 is 10.6 Å². The molecule has 1 aromatic heterocycles. The zero-order valence-electron chi connectivity index (χ0n) is 10.3. The van der Waals surface area contributed by atoms with Crippen LogP contribution in [0.3, 0.4) is 0 Å². The maximum Gasteiger partial charge on any atom is 0.255 e. The molecule has 1 aromatic rings. The minimum Gasteiger partial charge on any atom is -0.370 e. The maximum atomic E-state index is 13.1. The van der Waals surface area contributed by atoms with Crippen LogP contribution in [0.25, 0.3) is 0 Å². The summed E-state index contributed by atoms with van der Waals surface area (Å²) < 4.78 is 23.9. The molecule has 0 aromatic carbocycles. The summed E-state index contributed by atoms with van der Waals surface area (Å²) in [5, 5.41) is 5.46. The van der Waals surface area contributed by atoms with Crippen LogP contribution in [0, 0.1) is 5.82 Å². The van der Waals surface area contributed by atoms with Crippen molar-refractivity contribution in [2.24, 2.45) is 0 Å². The Morgan fingerprint density at radius 1 is 1.56 bits per heavy atom. The number of hydrogen-bond acceptors (Lipinski definition) is 4. The number of hydrogen-bond donors (Lipinski definition) is 2. The normalized spacial score (nSPS) is 11.9. The number of carbonyl (C=O) groups is 1. The third-order valence-corrected chi connectivity index (χ3v) is 2.90. The second-order valence-electron chi connectivity index (χ2n) is 3.61. The molecule has 7 heteroatoms. The molecule has 2 N–H and O–H groups in total. The lowest BCUT2D eigenvalue weighted by atomic mass is 10.2. The van der Waals surface area contributed by atoms with E-state index in [1.54, 1.807) is 6.26 Å². The van der Waals surface area contributed by atoms with Crippen LogP contribution < -0.4 is 10.6 Å². The molecule has 18 heavy (non-hydrogen) atoms. The Balaban J connectivity index is 2.76. The van der Waals surface area contributed by atoms with E-state index in [0.29, 0.717) is 18.1 Å². The molecule has 1 unspecified atom stereocenters. The average Bonchev–Trinajstić information content (AvgIpc) is 2.31. The summed E-state index contributed by atoms with van der Waals surface area (Å²) in [5.41, 5.74) is 0.152. The van der Waals surface area contributed by atoms with E-state index in [-0.39, 0.29) is 12.1 Å². The summed E-state index contributed by atoms with van der Waals surface area (Å²) in [6, 6.07) is 1.13. The largest absolute Gasteiger partial charge is 0.370 e. The lowest BCUT2D eigenvalue weighted by Crippen LogP contribution is -2.28. The molecule has 0 aliphatic rings. The predicted octanol–water partition coefficient (Wildman–Crippen LogP) is 0.761. The van der Waals surface area contributed by atoms with Gasteiger partial charge in [-0.2, -0.15) is 0 Å². The Hall–Kier alpha value is -1.50. The second-order valence-corrected chi connectivity index (χ2v) is 5.17. The predicted molar refractivity (Wildman–Crippen MR) is 69.6 cm³/mol. The molecule has 0 fully saturated rings. The summed E-state index contributed by atoms with van der Waals surface area (Å²) in [4.78, 5) is 15.6. The molecule has 0 spiro atoms. The Morgan fingerprint density at radius 3 is 2.89 bits per heavy atom. The molecule has 0 aliphatic carbocycles. The van der Waals surface area contributed by atoms with Crippen molar-refractivity contribution in [2.75, 3.05) is 30.4 Å². The maximum absolute atomic E-state index is 13.1. The van der Waals surface area contributed by atoms with E-state index in [0.717, 1.165) is 12.3 Å². The zero-order valence-corrected chi connectivity index (χ0v) is 11.1. The summed E-state index contributed by atoms with van der Waals surface area (Å²) >= 11 is 0. The number of anilines is 1. The molecule has 1 atom stereocenters. The van der Waals surface area contributed by atoms with Crippen molar-refractivity contribution in [3.05, 3.63) is 23.6 Å². The molecule has 0 aliphatic heterocycles. The van der Waals surface area contributed by atoms with Crippen molar-refractivity contribution in [1.29, 1.82) is 0 Å². The second kappa shape index (κ2) is 7.05. The first-order valence-electron chi connectivity index (χ1n) is 5.52. The van der Waals surface area contributed by atoms with Crippen molar-refractivity contribution in [3.63, 3.8) is 0 Å². The Labute approximate surface area is 108 Å². The number of pyridine rings is 1. The van der Waals surface area contributed by atoms with Gasteiger partial charge in [0.15, 0.2) is 0 Å². The van der Waals surface area contributed by atoms with E-state index in [2.05, 4.69) is 15.6 Å². The highest BCUT2D eigenvalue weighted by atomic mass is 32.2. The zero-order chi connectivity index (χ0) is 13.5. The highest BCUT2D eigenvalue weighted by molar-refractivity contribution is 7.84. The molecule has 0 saturated carbocycles. The van der Waals surface area contributed by atoms with Crippen molar-refractivity contribution < 1.29 is 13.4 Å². The third kappa shape index (κ3) is 4.40. The Kier molecular flexibility index (Phi) is 5.70. The van der Waals surface area contributed by atoms with E-state index in [4.69, 9.17) is 0 Å². The lowest BCUT2D eigenvalue weighted by molar-refractivity contribution is 0.0956. The average molecular weight is 273 g/mol. The first-order valence-corrected chi connectivity index (χ1v) is 7.25. The summed E-state index contributed by atoms with van der Waals surface area (Å²) in [5.74, 6) is -0.288. The van der Waals surface area contributed by atoms with Gasteiger partial charge in [-0.05, 0) is 13.0 Å². The first kappa shape index (κ1) is 14.6. The molecule has 5 nitrogen and oxygen atoms in total. The van der Waals surface area contributed by atoms with Gasteiger partial charge in [-0.3, -0.25) is 9.00 Å². The minimum absolute atomic E-state index is 0.152. The number of rotatable bonds is 6. The molecule has 100 valence electrons. The fourth-order valence-corrected chi connectivity index (χ4v) is 1.71. The van der Waals surface area contributed by atoms with Gasteiger partial charge in [0.2, 0.25) is 0 Å². The van der Waals surface area contributed by atoms with Gasteiger partial charge in [0, 0.05) is 35.9 Å². The lowest BCUT2D eigenvalue weighted by Gasteiger charge is -2.09. The molecule has 0 saturated heterocycles. The van der Waals surface area contributed by atoms with Gasteiger partial charge in [-0.15, -0.1) is 0 Å². The van der Waals surface area contributed by atoms with Crippen LogP contribution in [0.1, 0.15) is 17.3 Å². The van der Waals surface area contributed by atoms with Gasteiger partial charge in [0.1, 0.15) is 11.6 Å². The molecular formula is C11H16FN3O2S. The van der Waals surface area contributed by atoms with E-state index in [9.17, 15) is 13.4 Å². The highest BCUT2D eigenvalue weighted by Crippen LogP contribution is 2.13. The molecular weight excluding hydrogens is 257 g/mol. The van der Waals surface area contributed by atoms with Gasteiger partial charge in [0.05, 0.1) is 11.8 Å². The van der Waals surface area contributed by atoms with Crippen LogP contribution in [0.5, 0.6) is 0 Å². The Bertz CT molecular complexity index is 454. The van der Waals surface area contributed by atoms with Gasteiger partial charge >= 0.3 is 0 Å². The van der Waals surface area contributed by atoms with Crippen molar-refractivity contribution >= 4 is 22.5 Å². The van der Waals surface area contributed by atoms with Crippen molar-refractivity contribution in [3.8, 4) is 0 Å². The topological polar surface area (TPSA) is 71.1 Å². The quantitative estimate of drug-likeness (QED) is 0.803. The van der Waals surface area contributed by atoms with Crippen LogP contribution in [-0.4, -0.2) is 40.2 Å². The van der Waals surface area contributed by atoms with E-state index in [1.165, 1.54) is 0 Å². The highest BCUT2D eigenvalue weighted by Gasteiger charge is 2.13. The smallest absolute Gasteiger partial charge is 0.255 e. The van der Waals surface area contributed by atoms with Crippen LogP contribution >= 0.6 is 0 Å². The van der Waals surface area contributed by atoms with E-state index in [1.807, 2.05) is 6.92 Å². The van der Waals surface area contributed by atoms with E-state index < -0.39 is 22.5 Å². The van der Waals surface area contributed by atoms with Crippen LogP contribution in [0.4, 0.5) is 10.2 Å². The number of amides is 1. The van der Waals surface area contributed by atoms with E-state index >= 15 is 0 Å². The molecule has 0 radical (unpaired) electrons. The first-order chi connectivity index (χ1) is 8.54. The fraction of sp³-hybridized carbons (Fsp3) is 0.455. The summed E-state index contributed by atoms with van der Waals surface area (Å²) in [6.45, 7) is 2.72. The number of halogens is 1. The van der Waals surface area contributed by atoms with Gasteiger partial charge in [-0.25, -0.2) is 9.37 Å². The van der Waals surface area contributed by atoms with Crippen LogP contribution in [0.15, 0.2) is 12.3 Å². The van der Waals surface area contributed by atoms with Crippen LogP contribution in [-0.2, 0) is 10.8 Å². The van der Waals surface area contributed by atoms with Gasteiger partial charge in [-0.1, -0.05) is 0 Å². The molecule has 1 heterocycles. The molecule has 1 rings (SSSR count). The third-order valence-electron chi connectivity index (χ3n) is 2.12. The SMILES string of the molecule is CCNc1ncc(F)cc1C(=O)NCCS(C)=O. The monoisotopic (exact) mass is 273 g/mol. The number of nitrogens with zero attached hydrogens (tertiary/aromatic N) is 1. The standard InChI is InChI=1S/C11H16FN3O2S/c1-3-13-10-9(6-8(12)7-15-10)11(16)14-4-5-18(2)17/h6-7H,3-5H2,1-2H3,(H,13,15)(H,14,16). The van der Waals surface area contributed by atoms with Crippen LogP contribution in [0.2, 0.25) is 0 Å². The van der Waals surface area contributed by atoms with Crippen molar-refractivity contribution in [2.45, 2.75) is 6.92 Å². The van der Waals surface area contributed by atoms with Gasteiger partial charge in [0.25, 0.3) is 5.91 Å². The molecule has 1 amide bonds. The summed E-state index contributed by atoms with van der Waals surface area (Å²) in [6.07, 6.45) is 2.61. The molecule has 0 bridgehead atoms. The minimum atomic E-state index is -0.972. The Morgan fingerprint density at radius 2 is 2.28 bits per heavy atom.